The number of para-hydroxylation sites is 4. The van der Waals surface area contributed by atoms with Crippen molar-refractivity contribution in [2.24, 2.45) is 23.7 Å². The molecule has 17 aromatic rings. The van der Waals surface area contributed by atoms with Gasteiger partial charge in [-0.25, -0.2) is 0 Å². The van der Waals surface area contributed by atoms with Crippen molar-refractivity contribution in [3.8, 4) is 93.9 Å². The van der Waals surface area contributed by atoms with Crippen LogP contribution in [0.1, 0.15) is 271 Å². The number of benzene rings is 7. The van der Waals surface area contributed by atoms with Crippen LogP contribution < -0.4 is 19.3 Å². The lowest BCUT2D eigenvalue weighted by Crippen LogP contribution is -2.31. The summed E-state index contributed by atoms with van der Waals surface area (Å²) >= 11 is 14.0. The lowest BCUT2D eigenvalue weighted by Gasteiger charge is -2.37. The molecule has 136 heavy (non-hydrogen) atoms. The SMILES string of the molecule is CCCCCCOc1c2cc(-c3cnc(-c4cc5c(s4)-c4sc(-c6ccc(N(c7ccccc7)c7ccccc7)cc6)cc4C5(CC(CC)CCCC)CC(CC)CCCC)c4nsnc34)sc2c(OCCCCCC)c2cc(-c3cnc(-c4cc5c(s4)-c4sc(-c6ccc(N(c7ccccc7)c7ccccc7)cc6)cc4C5(CC(CC)CCCC)CC(CC)CCCC)c4nsnc34)sc12. The van der Waals surface area contributed by atoms with Crippen molar-refractivity contribution in [3.05, 3.63) is 241 Å². The van der Waals surface area contributed by atoms with E-state index in [1.807, 2.05) is 45.3 Å². The number of thiophene rings is 6. The monoisotopic (exact) mass is 1950 g/mol. The van der Waals surface area contributed by atoms with Crippen LogP contribution in [0.15, 0.2) is 219 Å². The van der Waals surface area contributed by atoms with Crippen molar-refractivity contribution >= 4 is 168 Å². The van der Waals surface area contributed by atoms with E-state index in [0.29, 0.717) is 36.9 Å². The molecule has 2 aliphatic carbocycles. The van der Waals surface area contributed by atoms with Crippen LogP contribution in [-0.2, 0) is 10.8 Å². The summed E-state index contributed by atoms with van der Waals surface area (Å²) in [7, 11) is 0. The number of ether oxygens (including phenoxy) is 2. The van der Waals surface area contributed by atoms with Gasteiger partial charge in [0.25, 0.3) is 0 Å². The summed E-state index contributed by atoms with van der Waals surface area (Å²) in [4.78, 5) is 28.9. The van der Waals surface area contributed by atoms with Crippen LogP contribution >= 0.6 is 91.5 Å². The minimum atomic E-state index is -0.163. The molecule has 4 atom stereocenters. The summed E-state index contributed by atoms with van der Waals surface area (Å²) in [5.74, 6) is 4.15. The Labute approximate surface area is 838 Å². The highest BCUT2D eigenvalue weighted by Crippen LogP contribution is 2.66. The first-order valence-electron chi connectivity index (χ1n) is 51.1. The Kier molecular flexibility index (Phi) is 30.7. The molecule has 0 spiro atoms. The normalized spacial score (nSPS) is 15.4. The first-order valence-corrected chi connectivity index (χ1v) is 57.4. The van der Waals surface area contributed by atoms with Crippen LogP contribution in [0.5, 0.6) is 11.5 Å². The molecule has 7 aromatic carbocycles. The highest BCUT2D eigenvalue weighted by atomic mass is 32.1. The van der Waals surface area contributed by atoms with E-state index in [1.54, 1.807) is 33.8 Å². The fourth-order valence-corrected chi connectivity index (χ4v) is 30.8. The van der Waals surface area contributed by atoms with E-state index in [0.717, 1.165) is 197 Å². The Bertz CT molecular complexity index is 6260. The molecule has 4 unspecified atom stereocenters. The number of pyridine rings is 2. The smallest absolute Gasteiger partial charge is 0.146 e. The van der Waals surface area contributed by atoms with E-state index in [-0.39, 0.29) is 10.8 Å². The molecule has 0 aliphatic heterocycles. The van der Waals surface area contributed by atoms with Crippen LogP contribution in [0.25, 0.3) is 125 Å². The third-order valence-corrected chi connectivity index (χ3v) is 37.8. The van der Waals surface area contributed by atoms with Crippen molar-refractivity contribution in [2.75, 3.05) is 23.0 Å². The number of hydrogen-bond donors (Lipinski definition) is 0. The summed E-state index contributed by atoms with van der Waals surface area (Å²) in [6, 6.07) is 77.0. The molecule has 0 saturated carbocycles. The minimum Gasteiger partial charge on any atom is -0.491 e. The van der Waals surface area contributed by atoms with E-state index in [4.69, 9.17) is 36.9 Å². The lowest BCUT2D eigenvalue weighted by atomic mass is 9.65. The van der Waals surface area contributed by atoms with Gasteiger partial charge in [0.1, 0.15) is 45.0 Å². The van der Waals surface area contributed by atoms with Crippen LogP contribution in [0.4, 0.5) is 34.1 Å². The molecule has 0 amide bonds. The largest absolute Gasteiger partial charge is 0.491 e. The first kappa shape index (κ1) is 95.3. The second-order valence-corrected chi connectivity index (χ2v) is 45.7. The Balaban J connectivity index is 0.701. The molecule has 702 valence electrons. The standard InChI is InChI=1S/C118H130N8O2S8/c1-11-21-27-41-63-127-109-89-65-99(91-75-119-105(107-103(91)121-135-123-107)101-69-95-115(133-101)113-93(117(95,71-77(17-7)43-23-13-3)72-78(18-8)44-24-14-4)67-97(129-113)81-55-59-87(60-56-81)125(83-47-33-29-34-48-83)84-49-35-30-36-50-84)132-112(89)110(128-64-42-28-22-12-2)90-66-100(131-111(90)109)92-76-120-106(108-104(92)122-136-124-108)102-70-96-116(134-102)114-94(118(96,73-79(19-9)45-25-15-5)74-80(20-10)46-26-16-6)68-98(130-114)82-57-61-88(62-58-82)126(85-51-37-31-38-52-85)86-53-39-32-40-54-86/h29-40,47-62,65-70,75-80H,11-28,41-46,63-64,71-74H2,1-10H3. The number of nitrogens with zero attached hydrogens (tertiary/aromatic N) is 8. The molecule has 19 rings (SSSR count). The van der Waals surface area contributed by atoms with E-state index >= 15 is 0 Å². The summed E-state index contributed by atoms with van der Waals surface area (Å²) in [6.07, 6.45) is 36.9. The number of fused-ring (bicyclic) bond motifs is 10. The fraction of sp³-hybridized carbons (Fsp3) is 0.390. The van der Waals surface area contributed by atoms with E-state index in [2.05, 4.69) is 298 Å². The number of rotatable bonds is 48. The van der Waals surface area contributed by atoms with Crippen LogP contribution in [0, 0.1) is 23.7 Å². The molecule has 0 fully saturated rings. The third kappa shape index (κ3) is 19.2. The lowest BCUT2D eigenvalue weighted by molar-refractivity contribution is 0.266. The van der Waals surface area contributed by atoms with Gasteiger partial charge in [0, 0.05) is 118 Å². The average molecular weight is 1950 g/mol. The van der Waals surface area contributed by atoms with Gasteiger partial charge in [0.15, 0.2) is 0 Å². The first-order chi connectivity index (χ1) is 67.0. The van der Waals surface area contributed by atoms with Gasteiger partial charge in [-0.05, 0) is 205 Å². The van der Waals surface area contributed by atoms with Gasteiger partial charge in [-0.2, -0.15) is 17.5 Å². The Morgan fingerprint density at radius 3 is 0.897 bits per heavy atom. The quantitative estimate of drug-likeness (QED) is 0.0343. The van der Waals surface area contributed by atoms with Crippen LogP contribution in [0.3, 0.4) is 0 Å². The highest BCUT2D eigenvalue weighted by Gasteiger charge is 2.51. The molecule has 0 radical (unpaired) electrons. The second-order valence-electron chi connectivity index (χ2n) is 38.3. The number of anilines is 6. The van der Waals surface area contributed by atoms with E-state index < -0.39 is 0 Å². The van der Waals surface area contributed by atoms with Crippen molar-refractivity contribution < 1.29 is 9.47 Å². The van der Waals surface area contributed by atoms with Gasteiger partial charge >= 0.3 is 0 Å². The van der Waals surface area contributed by atoms with Gasteiger partial charge in [-0.1, -0.05) is 308 Å². The summed E-state index contributed by atoms with van der Waals surface area (Å²) in [5, 5.41) is 2.11. The molecule has 10 heterocycles. The van der Waals surface area contributed by atoms with Crippen molar-refractivity contribution in [1.82, 2.24) is 27.5 Å². The van der Waals surface area contributed by atoms with E-state index in [9.17, 15) is 0 Å². The van der Waals surface area contributed by atoms with Gasteiger partial charge < -0.3 is 19.3 Å². The maximum Gasteiger partial charge on any atom is 0.146 e. The summed E-state index contributed by atoms with van der Waals surface area (Å²) < 4.78 is 38.0. The van der Waals surface area contributed by atoms with Crippen molar-refractivity contribution in [1.29, 1.82) is 0 Å². The molecule has 0 N–H and O–H groups in total. The van der Waals surface area contributed by atoms with Gasteiger partial charge in [-0.3, -0.25) is 9.97 Å². The Morgan fingerprint density at radius 1 is 0.294 bits per heavy atom. The molecule has 0 saturated heterocycles. The Hall–Kier alpha value is -9.60. The third-order valence-electron chi connectivity index (χ3n) is 29.4. The Morgan fingerprint density at radius 2 is 0.588 bits per heavy atom. The molecule has 10 nitrogen and oxygen atoms in total. The predicted molar refractivity (Wildman–Crippen MR) is 592 cm³/mol. The maximum atomic E-state index is 7.35. The highest BCUT2D eigenvalue weighted by molar-refractivity contribution is 7.27. The number of hydrogen-bond acceptors (Lipinski definition) is 18. The zero-order valence-corrected chi connectivity index (χ0v) is 87.5. The van der Waals surface area contributed by atoms with Crippen molar-refractivity contribution in [3.63, 3.8) is 0 Å². The summed E-state index contributed by atoms with van der Waals surface area (Å²) in [5.41, 5.74) is 22.4. The van der Waals surface area contributed by atoms with E-state index in [1.165, 1.54) is 187 Å². The van der Waals surface area contributed by atoms with Crippen LogP contribution in [-0.4, -0.2) is 40.7 Å². The molecular weight excluding hydrogens is 1820 g/mol. The van der Waals surface area contributed by atoms with Crippen molar-refractivity contribution in [2.45, 2.75) is 260 Å². The van der Waals surface area contributed by atoms with Gasteiger partial charge in [-0.15, -0.1) is 68.0 Å². The number of unbranched alkanes of at least 4 members (excludes halogenated alkanes) is 10. The summed E-state index contributed by atoms with van der Waals surface area (Å²) in [6.45, 7) is 25.0. The average Bonchev–Trinajstić information content (AvgIpc) is 1.54. The molecule has 2 aliphatic rings. The molecule has 18 heteroatoms. The number of aromatic nitrogens is 6. The van der Waals surface area contributed by atoms with Gasteiger partial charge in [0.05, 0.1) is 55.8 Å². The zero-order chi connectivity index (χ0) is 93.2. The molecular formula is C118H130N8O2S8. The minimum absolute atomic E-state index is 0.163. The zero-order valence-electron chi connectivity index (χ0n) is 81.0. The fourth-order valence-electron chi connectivity index (χ4n) is 21.9. The van der Waals surface area contributed by atoms with Crippen LogP contribution in [0.2, 0.25) is 0 Å². The molecule has 10 aromatic heterocycles. The topological polar surface area (TPSA) is 102 Å². The van der Waals surface area contributed by atoms with Gasteiger partial charge in [0.2, 0.25) is 0 Å². The maximum absolute atomic E-state index is 7.35. The predicted octanol–water partition coefficient (Wildman–Crippen LogP) is 39.0. The second kappa shape index (κ2) is 43.8. The molecule has 0 bridgehead atoms.